The van der Waals surface area contributed by atoms with E-state index in [1.54, 1.807) is 6.08 Å². The molecular formula is C20H22O3. The minimum atomic E-state index is -0.413. The first-order chi connectivity index (χ1) is 11.3. The number of carbonyl (C=O) groups excluding carboxylic acids is 1. The van der Waals surface area contributed by atoms with Crippen LogP contribution in [0.4, 0.5) is 0 Å². The van der Waals surface area contributed by atoms with E-state index in [0.29, 0.717) is 13.0 Å². The monoisotopic (exact) mass is 310 g/mol. The maximum atomic E-state index is 12.2. The van der Waals surface area contributed by atoms with Gasteiger partial charge in [0, 0.05) is 0 Å². The number of benzene rings is 2. The van der Waals surface area contributed by atoms with Gasteiger partial charge in [0.2, 0.25) is 0 Å². The van der Waals surface area contributed by atoms with E-state index in [0.717, 1.165) is 11.1 Å². The predicted molar refractivity (Wildman–Crippen MR) is 90.7 cm³/mol. The zero-order valence-electron chi connectivity index (χ0n) is 13.4. The summed E-state index contributed by atoms with van der Waals surface area (Å²) in [5, 5.41) is 0. The summed E-state index contributed by atoms with van der Waals surface area (Å²) in [6.45, 7) is 4.18. The highest BCUT2D eigenvalue weighted by atomic mass is 16.5. The number of esters is 1. The van der Waals surface area contributed by atoms with Gasteiger partial charge in [-0.2, -0.15) is 0 Å². The van der Waals surface area contributed by atoms with Crippen LogP contribution in [0.15, 0.2) is 73.3 Å². The van der Waals surface area contributed by atoms with Gasteiger partial charge in [0.25, 0.3) is 0 Å². The normalized spacial score (nSPS) is 13.1. The Kier molecular flexibility index (Phi) is 6.57. The van der Waals surface area contributed by atoms with Crippen molar-refractivity contribution in [2.24, 2.45) is 5.92 Å². The maximum absolute atomic E-state index is 12.2. The summed E-state index contributed by atoms with van der Waals surface area (Å²) in [5.74, 6) is -0.699. The number of hydrogen-bond donors (Lipinski definition) is 0. The average Bonchev–Trinajstić information content (AvgIpc) is 2.62. The molecular weight excluding hydrogens is 288 g/mol. The molecule has 2 aromatic carbocycles. The van der Waals surface area contributed by atoms with Crippen LogP contribution in [0.3, 0.4) is 0 Å². The van der Waals surface area contributed by atoms with Crippen LogP contribution in [0, 0.1) is 5.92 Å². The standard InChI is InChI=1S/C20H22O3/c1-3-10-18(20(21)22-2)19(17-13-8-5-9-14-17)23-15-16-11-6-4-7-12-16/h3-9,11-14,18-19H,1,10,15H2,2H3/t18-,19-/m0/s1. The Morgan fingerprint density at radius 1 is 1.09 bits per heavy atom. The highest BCUT2D eigenvalue weighted by molar-refractivity contribution is 5.73. The molecule has 0 fully saturated rings. The summed E-state index contributed by atoms with van der Waals surface area (Å²) in [6.07, 6.45) is 1.85. The average molecular weight is 310 g/mol. The Balaban J connectivity index is 2.23. The highest BCUT2D eigenvalue weighted by Crippen LogP contribution is 2.31. The Morgan fingerprint density at radius 3 is 2.26 bits per heavy atom. The molecule has 0 aliphatic heterocycles. The zero-order chi connectivity index (χ0) is 16.5. The first-order valence-electron chi connectivity index (χ1n) is 7.65. The summed E-state index contributed by atoms with van der Waals surface area (Å²) < 4.78 is 11.1. The SMILES string of the molecule is C=CC[C@H](C(=O)OC)[C@@H](OCc1ccccc1)c1ccccc1. The molecule has 120 valence electrons. The first kappa shape index (κ1) is 17.0. The van der Waals surface area contributed by atoms with E-state index in [1.165, 1.54) is 7.11 Å². The Labute approximate surface area is 137 Å². The van der Waals surface area contributed by atoms with Crippen molar-refractivity contribution in [2.75, 3.05) is 7.11 Å². The second-order valence-corrected chi connectivity index (χ2v) is 5.28. The molecule has 0 aliphatic carbocycles. The van der Waals surface area contributed by atoms with Crippen molar-refractivity contribution in [3.63, 3.8) is 0 Å². The van der Waals surface area contributed by atoms with Gasteiger partial charge in [-0.15, -0.1) is 6.58 Å². The Bertz CT molecular complexity index is 607. The van der Waals surface area contributed by atoms with Crippen molar-refractivity contribution < 1.29 is 14.3 Å². The zero-order valence-corrected chi connectivity index (χ0v) is 13.4. The quantitative estimate of drug-likeness (QED) is 0.538. The van der Waals surface area contributed by atoms with Crippen LogP contribution in [0.25, 0.3) is 0 Å². The molecule has 2 atom stereocenters. The lowest BCUT2D eigenvalue weighted by Gasteiger charge is -2.25. The van der Waals surface area contributed by atoms with Crippen LogP contribution in [-0.2, 0) is 20.9 Å². The van der Waals surface area contributed by atoms with Gasteiger partial charge in [0.1, 0.15) is 0 Å². The van der Waals surface area contributed by atoms with E-state index >= 15 is 0 Å². The van der Waals surface area contributed by atoms with Crippen LogP contribution in [0.2, 0.25) is 0 Å². The molecule has 0 spiro atoms. The number of hydrogen-bond acceptors (Lipinski definition) is 3. The van der Waals surface area contributed by atoms with E-state index < -0.39 is 5.92 Å². The minimum Gasteiger partial charge on any atom is -0.469 e. The predicted octanol–water partition coefficient (Wildman–Crippen LogP) is 4.31. The molecule has 0 amide bonds. The van der Waals surface area contributed by atoms with E-state index in [4.69, 9.17) is 9.47 Å². The fourth-order valence-corrected chi connectivity index (χ4v) is 2.52. The van der Waals surface area contributed by atoms with Crippen molar-refractivity contribution in [1.29, 1.82) is 0 Å². The summed E-state index contributed by atoms with van der Waals surface area (Å²) in [4.78, 5) is 12.2. The lowest BCUT2D eigenvalue weighted by Crippen LogP contribution is -2.25. The first-order valence-corrected chi connectivity index (χ1v) is 7.65. The van der Waals surface area contributed by atoms with Crippen molar-refractivity contribution in [3.8, 4) is 0 Å². The van der Waals surface area contributed by atoms with Crippen LogP contribution in [0.5, 0.6) is 0 Å². The molecule has 0 saturated carbocycles. The van der Waals surface area contributed by atoms with Crippen molar-refractivity contribution in [3.05, 3.63) is 84.4 Å². The van der Waals surface area contributed by atoms with Gasteiger partial charge in [0.05, 0.1) is 25.7 Å². The second-order valence-electron chi connectivity index (χ2n) is 5.28. The largest absolute Gasteiger partial charge is 0.469 e. The van der Waals surface area contributed by atoms with Gasteiger partial charge < -0.3 is 9.47 Å². The van der Waals surface area contributed by atoms with Crippen LogP contribution >= 0.6 is 0 Å². The van der Waals surface area contributed by atoms with Crippen LogP contribution in [-0.4, -0.2) is 13.1 Å². The third-order valence-electron chi connectivity index (χ3n) is 3.69. The fourth-order valence-electron chi connectivity index (χ4n) is 2.52. The van der Waals surface area contributed by atoms with Gasteiger partial charge in [0.15, 0.2) is 0 Å². The molecule has 23 heavy (non-hydrogen) atoms. The van der Waals surface area contributed by atoms with Crippen molar-refractivity contribution in [1.82, 2.24) is 0 Å². The topological polar surface area (TPSA) is 35.5 Å². The highest BCUT2D eigenvalue weighted by Gasteiger charge is 2.30. The Morgan fingerprint density at radius 2 is 1.70 bits per heavy atom. The van der Waals surface area contributed by atoms with Gasteiger partial charge >= 0.3 is 5.97 Å². The molecule has 0 aliphatic rings. The van der Waals surface area contributed by atoms with E-state index in [-0.39, 0.29) is 12.1 Å². The molecule has 0 unspecified atom stereocenters. The maximum Gasteiger partial charge on any atom is 0.311 e. The molecule has 2 rings (SSSR count). The summed E-state index contributed by atoms with van der Waals surface area (Å²) >= 11 is 0. The molecule has 0 bridgehead atoms. The van der Waals surface area contributed by atoms with Gasteiger partial charge in [-0.1, -0.05) is 66.7 Å². The number of allylic oxidation sites excluding steroid dienone is 1. The van der Waals surface area contributed by atoms with Crippen molar-refractivity contribution >= 4 is 5.97 Å². The Hall–Kier alpha value is -2.39. The van der Waals surface area contributed by atoms with Gasteiger partial charge in [-0.3, -0.25) is 4.79 Å². The summed E-state index contributed by atoms with van der Waals surface area (Å²) in [6, 6.07) is 19.7. The lowest BCUT2D eigenvalue weighted by atomic mass is 9.92. The number of carbonyl (C=O) groups is 1. The molecule has 2 aromatic rings. The number of rotatable bonds is 8. The summed E-state index contributed by atoms with van der Waals surface area (Å²) in [7, 11) is 1.40. The molecule has 0 aromatic heterocycles. The van der Waals surface area contributed by atoms with E-state index in [9.17, 15) is 4.79 Å². The fraction of sp³-hybridized carbons (Fsp3) is 0.250. The number of methoxy groups -OCH3 is 1. The van der Waals surface area contributed by atoms with Gasteiger partial charge in [-0.05, 0) is 17.5 Å². The van der Waals surface area contributed by atoms with Crippen molar-refractivity contribution in [2.45, 2.75) is 19.1 Å². The third kappa shape index (κ3) is 4.80. The smallest absolute Gasteiger partial charge is 0.311 e. The molecule has 0 radical (unpaired) electrons. The van der Waals surface area contributed by atoms with Gasteiger partial charge in [-0.25, -0.2) is 0 Å². The molecule has 0 N–H and O–H groups in total. The van der Waals surface area contributed by atoms with E-state index in [1.807, 2.05) is 60.7 Å². The number of ether oxygens (including phenoxy) is 2. The molecule has 3 nitrogen and oxygen atoms in total. The second kappa shape index (κ2) is 8.91. The minimum absolute atomic E-state index is 0.285. The van der Waals surface area contributed by atoms with Crippen LogP contribution in [0.1, 0.15) is 23.7 Å². The summed E-state index contributed by atoms with van der Waals surface area (Å²) in [5.41, 5.74) is 2.02. The third-order valence-corrected chi connectivity index (χ3v) is 3.69. The molecule has 0 heterocycles. The van der Waals surface area contributed by atoms with E-state index in [2.05, 4.69) is 6.58 Å². The lowest BCUT2D eigenvalue weighted by molar-refractivity contribution is -0.152. The van der Waals surface area contributed by atoms with Crippen LogP contribution < -0.4 is 0 Å². The molecule has 0 saturated heterocycles. The molecule has 3 heteroatoms.